The smallest absolute Gasteiger partial charge is 0.159 e. The first kappa shape index (κ1) is 9.59. The Morgan fingerprint density at radius 3 is 2.57 bits per heavy atom. The first-order chi connectivity index (χ1) is 6.66. The summed E-state index contributed by atoms with van der Waals surface area (Å²) in [5.74, 6) is -1.53. The molecule has 1 saturated carbocycles. The Morgan fingerprint density at radius 1 is 1.29 bits per heavy atom. The first-order valence-corrected chi connectivity index (χ1v) is 4.81. The van der Waals surface area contributed by atoms with Crippen LogP contribution in [0.2, 0.25) is 0 Å². The predicted molar refractivity (Wildman–Crippen MR) is 50.8 cm³/mol. The average molecular weight is 197 g/mol. The maximum atomic E-state index is 12.9. The number of nitrogens with zero attached hydrogens (tertiary/aromatic N) is 1. The minimum atomic E-state index is -0.775. The number of hydrogen-bond acceptors (Lipinski definition) is 1. The predicted octanol–water partition coefficient (Wildman–Crippen LogP) is 2.56. The van der Waals surface area contributed by atoms with E-state index in [1.807, 2.05) is 7.05 Å². The molecule has 0 unspecified atom stereocenters. The third kappa shape index (κ3) is 2.10. The van der Waals surface area contributed by atoms with Gasteiger partial charge in [0.25, 0.3) is 0 Å². The van der Waals surface area contributed by atoms with Crippen molar-refractivity contribution in [2.45, 2.75) is 25.4 Å². The zero-order chi connectivity index (χ0) is 10.1. The fraction of sp³-hybridized carbons (Fsp3) is 0.455. The van der Waals surface area contributed by atoms with Gasteiger partial charge in [-0.25, -0.2) is 8.78 Å². The molecule has 1 nitrogen and oxygen atoms in total. The quantitative estimate of drug-likeness (QED) is 0.719. The molecule has 0 N–H and O–H groups in total. The lowest BCUT2D eigenvalue weighted by Gasteiger charge is -2.15. The molecule has 0 atom stereocenters. The molecule has 0 heterocycles. The highest BCUT2D eigenvalue weighted by Gasteiger charge is 2.25. The molecule has 76 valence electrons. The van der Waals surface area contributed by atoms with E-state index in [0.717, 1.165) is 5.56 Å². The van der Waals surface area contributed by atoms with Crippen LogP contribution in [0.3, 0.4) is 0 Å². The summed E-state index contributed by atoms with van der Waals surface area (Å²) in [6.45, 7) is 0.696. The Morgan fingerprint density at radius 2 is 2.00 bits per heavy atom. The van der Waals surface area contributed by atoms with Crippen LogP contribution in [0.25, 0.3) is 0 Å². The van der Waals surface area contributed by atoms with E-state index < -0.39 is 11.6 Å². The normalized spacial score (nSPS) is 16.3. The highest BCUT2D eigenvalue weighted by molar-refractivity contribution is 5.17. The molecule has 0 amide bonds. The summed E-state index contributed by atoms with van der Waals surface area (Å²) in [6, 6.07) is 4.74. The molecule has 0 spiro atoms. The molecular weight excluding hydrogens is 184 g/mol. The fourth-order valence-electron chi connectivity index (χ4n) is 1.57. The van der Waals surface area contributed by atoms with E-state index in [9.17, 15) is 8.78 Å². The van der Waals surface area contributed by atoms with Gasteiger partial charge in [-0.3, -0.25) is 4.90 Å². The Hall–Kier alpha value is -0.960. The zero-order valence-electron chi connectivity index (χ0n) is 8.13. The summed E-state index contributed by atoms with van der Waals surface area (Å²) in [5.41, 5.74) is 0.832. The van der Waals surface area contributed by atoms with Crippen molar-refractivity contribution in [1.29, 1.82) is 0 Å². The van der Waals surface area contributed by atoms with E-state index in [-0.39, 0.29) is 0 Å². The van der Waals surface area contributed by atoms with Crippen LogP contribution in [0.4, 0.5) is 8.78 Å². The second-order valence-corrected chi connectivity index (χ2v) is 3.89. The van der Waals surface area contributed by atoms with E-state index in [0.29, 0.717) is 12.6 Å². The van der Waals surface area contributed by atoms with Crippen molar-refractivity contribution in [2.24, 2.45) is 0 Å². The van der Waals surface area contributed by atoms with Crippen LogP contribution in [0.5, 0.6) is 0 Å². The van der Waals surface area contributed by atoms with Crippen LogP contribution in [0.15, 0.2) is 18.2 Å². The highest BCUT2D eigenvalue weighted by Crippen LogP contribution is 2.26. The maximum Gasteiger partial charge on any atom is 0.159 e. The van der Waals surface area contributed by atoms with Crippen LogP contribution in [-0.2, 0) is 6.54 Å². The minimum Gasteiger partial charge on any atom is -0.299 e. The summed E-state index contributed by atoms with van der Waals surface area (Å²) in [7, 11) is 2.01. The molecule has 0 aliphatic heterocycles. The van der Waals surface area contributed by atoms with Gasteiger partial charge in [0, 0.05) is 12.6 Å². The summed E-state index contributed by atoms with van der Waals surface area (Å²) in [6.07, 6.45) is 2.44. The SMILES string of the molecule is CN(Cc1ccc(F)c(F)c1)C1CC1. The molecule has 0 bridgehead atoms. The van der Waals surface area contributed by atoms with Gasteiger partial charge >= 0.3 is 0 Å². The van der Waals surface area contributed by atoms with Gasteiger partial charge in [0.1, 0.15) is 0 Å². The molecule has 1 fully saturated rings. The van der Waals surface area contributed by atoms with Crippen LogP contribution in [0.1, 0.15) is 18.4 Å². The second kappa shape index (κ2) is 3.65. The number of benzene rings is 1. The molecule has 1 aliphatic rings. The van der Waals surface area contributed by atoms with Crippen molar-refractivity contribution in [3.63, 3.8) is 0 Å². The van der Waals surface area contributed by atoms with Gasteiger partial charge in [0.15, 0.2) is 11.6 Å². The summed E-state index contributed by atoms with van der Waals surface area (Å²) < 4.78 is 25.5. The fourth-order valence-corrected chi connectivity index (χ4v) is 1.57. The van der Waals surface area contributed by atoms with E-state index in [1.165, 1.54) is 25.0 Å². The van der Waals surface area contributed by atoms with E-state index in [1.54, 1.807) is 6.07 Å². The standard InChI is InChI=1S/C11H13F2N/c1-14(9-3-4-9)7-8-2-5-10(12)11(13)6-8/h2,5-6,9H,3-4,7H2,1H3. The van der Waals surface area contributed by atoms with Crippen LogP contribution < -0.4 is 0 Å². The minimum absolute atomic E-state index is 0.642. The van der Waals surface area contributed by atoms with Gasteiger partial charge in [-0.05, 0) is 37.6 Å². The Labute approximate surface area is 82.3 Å². The van der Waals surface area contributed by atoms with E-state index >= 15 is 0 Å². The van der Waals surface area contributed by atoms with Crippen molar-refractivity contribution in [1.82, 2.24) is 4.90 Å². The highest BCUT2D eigenvalue weighted by atomic mass is 19.2. The number of rotatable bonds is 3. The third-order valence-electron chi connectivity index (χ3n) is 2.59. The first-order valence-electron chi connectivity index (χ1n) is 4.81. The Bertz CT molecular complexity index is 334. The average Bonchev–Trinajstić information content (AvgIpc) is 2.94. The van der Waals surface area contributed by atoms with Crippen molar-refractivity contribution in [2.75, 3.05) is 7.05 Å². The molecule has 3 heteroatoms. The molecule has 0 aromatic heterocycles. The maximum absolute atomic E-state index is 12.9. The largest absolute Gasteiger partial charge is 0.299 e. The summed E-state index contributed by atoms with van der Waals surface area (Å²) in [5, 5.41) is 0. The number of halogens is 2. The second-order valence-electron chi connectivity index (χ2n) is 3.89. The van der Waals surface area contributed by atoms with Crippen LogP contribution in [0, 0.1) is 11.6 Å². The molecule has 14 heavy (non-hydrogen) atoms. The molecule has 1 aliphatic carbocycles. The van der Waals surface area contributed by atoms with Crippen molar-refractivity contribution in [3.05, 3.63) is 35.4 Å². The molecular formula is C11H13F2N. The van der Waals surface area contributed by atoms with Gasteiger partial charge in [0.05, 0.1) is 0 Å². The molecule has 2 rings (SSSR count). The van der Waals surface area contributed by atoms with E-state index in [4.69, 9.17) is 0 Å². The van der Waals surface area contributed by atoms with Gasteiger partial charge in [-0.2, -0.15) is 0 Å². The van der Waals surface area contributed by atoms with Crippen molar-refractivity contribution in [3.8, 4) is 0 Å². The van der Waals surface area contributed by atoms with Crippen molar-refractivity contribution >= 4 is 0 Å². The molecule has 1 aromatic rings. The summed E-state index contributed by atoms with van der Waals surface area (Å²) in [4.78, 5) is 2.17. The van der Waals surface area contributed by atoms with Gasteiger partial charge < -0.3 is 0 Å². The van der Waals surface area contributed by atoms with Gasteiger partial charge in [-0.1, -0.05) is 6.07 Å². The van der Waals surface area contributed by atoms with Crippen LogP contribution in [-0.4, -0.2) is 18.0 Å². The summed E-state index contributed by atoms with van der Waals surface area (Å²) >= 11 is 0. The molecule has 0 saturated heterocycles. The van der Waals surface area contributed by atoms with E-state index in [2.05, 4.69) is 4.90 Å². The molecule has 1 aromatic carbocycles. The lowest BCUT2D eigenvalue weighted by Crippen LogP contribution is -2.19. The van der Waals surface area contributed by atoms with Crippen molar-refractivity contribution < 1.29 is 8.78 Å². The number of hydrogen-bond donors (Lipinski definition) is 0. The topological polar surface area (TPSA) is 3.24 Å². The monoisotopic (exact) mass is 197 g/mol. The zero-order valence-corrected chi connectivity index (χ0v) is 8.13. The van der Waals surface area contributed by atoms with Gasteiger partial charge in [0.2, 0.25) is 0 Å². The Balaban J connectivity index is 2.04. The van der Waals surface area contributed by atoms with Crippen LogP contribution >= 0.6 is 0 Å². The third-order valence-corrected chi connectivity index (χ3v) is 2.59. The van der Waals surface area contributed by atoms with Gasteiger partial charge in [-0.15, -0.1) is 0 Å². The molecule has 0 radical (unpaired) electrons. The lowest BCUT2D eigenvalue weighted by atomic mass is 10.2. The Kier molecular flexibility index (Phi) is 2.50. The lowest BCUT2D eigenvalue weighted by molar-refractivity contribution is 0.315.